The van der Waals surface area contributed by atoms with Crippen molar-refractivity contribution in [3.63, 3.8) is 0 Å². The molecule has 1 aliphatic carbocycles. The van der Waals surface area contributed by atoms with Crippen LogP contribution in [-0.2, 0) is 5.41 Å². The van der Waals surface area contributed by atoms with E-state index in [1.54, 1.807) is 7.11 Å². The maximum atomic E-state index is 13.6. The zero-order chi connectivity index (χ0) is 25.3. The predicted octanol–water partition coefficient (Wildman–Crippen LogP) is 5.03. The van der Waals surface area contributed by atoms with Crippen LogP contribution in [0.15, 0.2) is 79.4 Å². The number of rotatable bonds is 6. The van der Waals surface area contributed by atoms with E-state index in [1.807, 2.05) is 66.6 Å². The van der Waals surface area contributed by atoms with Gasteiger partial charge in [0, 0.05) is 37.2 Å². The highest BCUT2D eigenvalue weighted by molar-refractivity contribution is 5.98. The van der Waals surface area contributed by atoms with Crippen LogP contribution in [0, 0.1) is 0 Å². The molecule has 3 atom stereocenters. The van der Waals surface area contributed by atoms with Gasteiger partial charge < -0.3 is 14.7 Å². The molecule has 5 heteroatoms. The van der Waals surface area contributed by atoms with Crippen LogP contribution >= 0.6 is 0 Å². The van der Waals surface area contributed by atoms with Gasteiger partial charge >= 0.3 is 0 Å². The van der Waals surface area contributed by atoms with Crippen molar-refractivity contribution in [2.75, 3.05) is 33.8 Å². The summed E-state index contributed by atoms with van der Waals surface area (Å²) in [6, 6.07) is 22.2. The minimum Gasteiger partial charge on any atom is -0.497 e. The summed E-state index contributed by atoms with van der Waals surface area (Å²) < 4.78 is 5.55. The summed E-state index contributed by atoms with van der Waals surface area (Å²) in [6.07, 6.45) is 4.84. The third-order valence-corrected chi connectivity index (χ3v) is 8.58. The Hall–Kier alpha value is -3.15. The van der Waals surface area contributed by atoms with E-state index in [-0.39, 0.29) is 11.9 Å². The van der Waals surface area contributed by atoms with E-state index in [1.165, 1.54) is 0 Å². The SMILES string of the molecule is C=CCN1CC[C@@]2(c3cccc(OC)c3)C[C@@H](N(C)C(=O)c3ccc4ccccc4c3)CC[C@]2(O)C1. The highest BCUT2D eigenvalue weighted by atomic mass is 16.5. The molecule has 1 amide bonds. The molecule has 0 spiro atoms. The van der Waals surface area contributed by atoms with E-state index in [0.717, 1.165) is 48.0 Å². The van der Waals surface area contributed by atoms with Crippen molar-refractivity contribution in [1.29, 1.82) is 0 Å². The maximum Gasteiger partial charge on any atom is 0.253 e. The van der Waals surface area contributed by atoms with Crippen LogP contribution in [0.4, 0.5) is 0 Å². The molecular weight excluding hydrogens is 448 g/mol. The lowest BCUT2D eigenvalue weighted by molar-refractivity contribution is -0.130. The number of carbonyl (C=O) groups excluding carboxylic acids is 1. The molecule has 5 rings (SSSR count). The number of likely N-dealkylation sites (tertiary alicyclic amines) is 1. The number of fused-ring (bicyclic) bond motifs is 2. The molecule has 1 saturated heterocycles. The Labute approximate surface area is 214 Å². The maximum absolute atomic E-state index is 13.6. The zero-order valence-corrected chi connectivity index (χ0v) is 21.3. The Balaban J connectivity index is 1.47. The molecule has 1 aliphatic heterocycles. The van der Waals surface area contributed by atoms with Crippen molar-refractivity contribution >= 4 is 16.7 Å². The number of carbonyl (C=O) groups is 1. The van der Waals surface area contributed by atoms with Crippen LogP contribution in [0.25, 0.3) is 10.8 Å². The fourth-order valence-electron chi connectivity index (χ4n) is 6.51. The molecule has 1 saturated carbocycles. The van der Waals surface area contributed by atoms with E-state index in [0.29, 0.717) is 24.9 Å². The summed E-state index contributed by atoms with van der Waals surface area (Å²) in [5.41, 5.74) is 0.455. The number of benzene rings is 3. The summed E-state index contributed by atoms with van der Waals surface area (Å²) in [4.78, 5) is 17.8. The van der Waals surface area contributed by atoms with Crippen molar-refractivity contribution in [3.8, 4) is 5.75 Å². The van der Waals surface area contributed by atoms with Crippen molar-refractivity contribution in [2.24, 2.45) is 0 Å². The van der Waals surface area contributed by atoms with Gasteiger partial charge in [0.05, 0.1) is 12.7 Å². The molecule has 3 aromatic carbocycles. The fraction of sp³-hybridized carbons (Fsp3) is 0.387. The number of hydrogen-bond donors (Lipinski definition) is 1. The first kappa shape index (κ1) is 24.5. The molecule has 36 heavy (non-hydrogen) atoms. The van der Waals surface area contributed by atoms with Gasteiger partial charge in [-0.25, -0.2) is 0 Å². The Bertz CT molecular complexity index is 1270. The van der Waals surface area contributed by atoms with Crippen LogP contribution < -0.4 is 4.74 Å². The largest absolute Gasteiger partial charge is 0.497 e. The summed E-state index contributed by atoms with van der Waals surface area (Å²) in [5, 5.41) is 14.4. The Kier molecular flexibility index (Phi) is 6.62. The van der Waals surface area contributed by atoms with E-state index in [4.69, 9.17) is 4.74 Å². The molecule has 2 fully saturated rings. The van der Waals surface area contributed by atoms with Gasteiger partial charge in [-0.1, -0.05) is 48.5 Å². The molecule has 1 heterocycles. The molecule has 0 bridgehead atoms. The first-order valence-corrected chi connectivity index (χ1v) is 12.9. The second kappa shape index (κ2) is 9.72. The third kappa shape index (κ3) is 4.21. The van der Waals surface area contributed by atoms with E-state index in [9.17, 15) is 9.90 Å². The van der Waals surface area contributed by atoms with Gasteiger partial charge in [0.2, 0.25) is 0 Å². The quantitative estimate of drug-likeness (QED) is 0.499. The lowest BCUT2D eigenvalue weighted by atomic mass is 9.55. The molecule has 0 radical (unpaired) electrons. The Morgan fingerprint density at radius 3 is 2.72 bits per heavy atom. The summed E-state index contributed by atoms with van der Waals surface area (Å²) in [5.74, 6) is 0.821. The highest BCUT2D eigenvalue weighted by Gasteiger charge is 2.58. The van der Waals surface area contributed by atoms with Crippen LogP contribution in [-0.4, -0.2) is 66.2 Å². The number of hydrogen-bond acceptors (Lipinski definition) is 4. The second-order valence-electron chi connectivity index (χ2n) is 10.5. The summed E-state index contributed by atoms with van der Waals surface area (Å²) >= 11 is 0. The monoisotopic (exact) mass is 484 g/mol. The minimum atomic E-state index is -0.885. The molecule has 188 valence electrons. The average Bonchev–Trinajstić information content (AvgIpc) is 2.91. The van der Waals surface area contributed by atoms with Crippen LogP contribution in [0.2, 0.25) is 0 Å². The van der Waals surface area contributed by atoms with Gasteiger partial charge in [0.25, 0.3) is 5.91 Å². The zero-order valence-electron chi connectivity index (χ0n) is 21.3. The van der Waals surface area contributed by atoms with E-state index < -0.39 is 11.0 Å². The lowest BCUT2D eigenvalue weighted by Crippen LogP contribution is -2.67. The molecular formula is C31H36N2O3. The van der Waals surface area contributed by atoms with Gasteiger partial charge in [0.15, 0.2) is 0 Å². The van der Waals surface area contributed by atoms with Crippen molar-refractivity contribution in [3.05, 3.63) is 90.5 Å². The molecule has 1 N–H and O–H groups in total. The lowest BCUT2D eigenvalue weighted by Gasteiger charge is -2.59. The number of aliphatic hydroxyl groups is 1. The average molecular weight is 485 g/mol. The van der Waals surface area contributed by atoms with Gasteiger partial charge in [-0.05, 0) is 72.8 Å². The summed E-state index contributed by atoms with van der Waals surface area (Å²) in [7, 11) is 3.59. The van der Waals surface area contributed by atoms with Gasteiger partial charge in [-0.3, -0.25) is 9.69 Å². The fourth-order valence-corrected chi connectivity index (χ4v) is 6.51. The number of piperidine rings is 1. The molecule has 0 unspecified atom stereocenters. The smallest absolute Gasteiger partial charge is 0.253 e. The Morgan fingerprint density at radius 1 is 1.14 bits per heavy atom. The first-order chi connectivity index (χ1) is 17.4. The predicted molar refractivity (Wildman–Crippen MR) is 145 cm³/mol. The molecule has 5 nitrogen and oxygen atoms in total. The normalized spacial score (nSPS) is 26.2. The first-order valence-electron chi connectivity index (χ1n) is 12.9. The Morgan fingerprint density at radius 2 is 1.94 bits per heavy atom. The highest BCUT2D eigenvalue weighted by Crippen LogP contribution is 2.53. The molecule has 3 aromatic rings. The van der Waals surface area contributed by atoms with Crippen molar-refractivity contribution in [1.82, 2.24) is 9.80 Å². The standard InChI is InChI=1S/C31H36N2O3/c1-4-17-33-18-16-30(26-10-7-11-28(20-26)36-3)21-27(14-15-31(30,35)22-33)32(2)29(34)25-13-12-23-8-5-6-9-24(23)19-25/h4-13,19-20,27,35H,1,14-18,21-22H2,2-3H3/t27-,30-,31-/m0/s1. The number of amides is 1. The van der Waals surface area contributed by atoms with Crippen LogP contribution in [0.1, 0.15) is 41.6 Å². The van der Waals surface area contributed by atoms with Gasteiger partial charge in [-0.2, -0.15) is 0 Å². The topological polar surface area (TPSA) is 53.0 Å². The number of β-amino-alcohol motifs (C(OH)–C–C–N with tert-alkyl or cyclic N) is 1. The van der Waals surface area contributed by atoms with Crippen LogP contribution in [0.5, 0.6) is 5.75 Å². The molecule has 2 aliphatic rings. The van der Waals surface area contributed by atoms with E-state index >= 15 is 0 Å². The third-order valence-electron chi connectivity index (χ3n) is 8.58. The van der Waals surface area contributed by atoms with Gasteiger partial charge in [-0.15, -0.1) is 6.58 Å². The number of ether oxygens (including phenoxy) is 1. The summed E-state index contributed by atoms with van der Waals surface area (Å²) in [6.45, 7) is 6.14. The molecule has 0 aromatic heterocycles. The van der Waals surface area contributed by atoms with Crippen molar-refractivity contribution in [2.45, 2.75) is 42.7 Å². The number of methoxy groups -OCH3 is 1. The van der Waals surface area contributed by atoms with E-state index in [2.05, 4.69) is 29.7 Å². The second-order valence-corrected chi connectivity index (χ2v) is 10.5. The van der Waals surface area contributed by atoms with Crippen molar-refractivity contribution < 1.29 is 14.6 Å². The van der Waals surface area contributed by atoms with Crippen LogP contribution in [0.3, 0.4) is 0 Å². The number of nitrogens with zero attached hydrogens (tertiary/aromatic N) is 2. The van der Waals surface area contributed by atoms with Gasteiger partial charge in [0.1, 0.15) is 5.75 Å². The minimum absolute atomic E-state index is 0.0288.